The van der Waals surface area contributed by atoms with E-state index in [1.165, 1.54) is 56.1 Å². The lowest BCUT2D eigenvalue weighted by Gasteiger charge is -2.29. The summed E-state index contributed by atoms with van der Waals surface area (Å²) in [6.07, 6.45) is 12.6. The fraction of sp³-hybridized carbons (Fsp3) is 0.576. The van der Waals surface area contributed by atoms with E-state index >= 15 is 8.78 Å². The van der Waals surface area contributed by atoms with Crippen LogP contribution in [0.3, 0.4) is 0 Å². The number of allylic oxidation sites excluding steroid dienone is 2. The van der Waals surface area contributed by atoms with Gasteiger partial charge in [-0.1, -0.05) is 80.4 Å². The molecule has 4 rings (SSSR count). The molecule has 0 N–H and O–H groups in total. The molecule has 196 valence electrons. The van der Waals surface area contributed by atoms with Gasteiger partial charge in [-0.25, -0.2) is 0 Å². The molecule has 3 heteroatoms. The molecule has 0 bridgehead atoms. The maximum absolute atomic E-state index is 15.0. The molecule has 2 aliphatic carbocycles. The van der Waals surface area contributed by atoms with Crippen LogP contribution in [0.1, 0.15) is 125 Å². The van der Waals surface area contributed by atoms with Gasteiger partial charge in [-0.05, 0) is 106 Å². The summed E-state index contributed by atoms with van der Waals surface area (Å²) < 4.78 is 35.4. The van der Waals surface area contributed by atoms with Gasteiger partial charge >= 0.3 is 6.11 Å². The van der Waals surface area contributed by atoms with Crippen LogP contribution in [0.4, 0.5) is 8.78 Å². The second kappa shape index (κ2) is 12.5. The van der Waals surface area contributed by atoms with Gasteiger partial charge in [-0.15, -0.1) is 0 Å². The van der Waals surface area contributed by atoms with E-state index in [2.05, 4.69) is 38.1 Å². The smallest absolute Gasteiger partial charge is 0.309 e. The van der Waals surface area contributed by atoms with Crippen molar-refractivity contribution < 1.29 is 13.5 Å². The van der Waals surface area contributed by atoms with Crippen LogP contribution in [0.5, 0.6) is 0 Å². The van der Waals surface area contributed by atoms with Crippen molar-refractivity contribution in [3.8, 4) is 0 Å². The fourth-order valence-electron chi connectivity index (χ4n) is 6.22. The maximum atomic E-state index is 15.0. The first kappa shape index (κ1) is 27.0. The van der Waals surface area contributed by atoms with Crippen molar-refractivity contribution in [2.24, 2.45) is 11.8 Å². The fourth-order valence-corrected chi connectivity index (χ4v) is 6.22. The first-order valence-electron chi connectivity index (χ1n) is 14.2. The Morgan fingerprint density at radius 1 is 0.833 bits per heavy atom. The normalized spacial score (nSPS) is 26.2. The highest BCUT2D eigenvalue weighted by molar-refractivity contribution is 5.29. The summed E-state index contributed by atoms with van der Waals surface area (Å²) in [4.78, 5) is 0. The van der Waals surface area contributed by atoms with Crippen molar-refractivity contribution >= 4 is 0 Å². The monoisotopic (exact) mass is 494 g/mol. The molecule has 0 radical (unpaired) electrons. The third-order valence-electron chi connectivity index (χ3n) is 8.76. The van der Waals surface area contributed by atoms with Crippen molar-refractivity contribution in [2.45, 2.75) is 109 Å². The molecule has 2 aromatic carbocycles. The van der Waals surface area contributed by atoms with E-state index in [0.717, 1.165) is 36.7 Å². The lowest BCUT2D eigenvalue weighted by atomic mass is 9.77. The Hall–Kier alpha value is -2.00. The van der Waals surface area contributed by atoms with Crippen LogP contribution in [-0.4, -0.2) is 0 Å². The highest BCUT2D eigenvalue weighted by Gasteiger charge is 2.35. The number of hydrogen-bond acceptors (Lipinski definition) is 1. The van der Waals surface area contributed by atoms with E-state index in [1.807, 2.05) is 24.3 Å². The van der Waals surface area contributed by atoms with Crippen LogP contribution in [0.25, 0.3) is 0 Å². The zero-order valence-corrected chi connectivity index (χ0v) is 22.4. The summed E-state index contributed by atoms with van der Waals surface area (Å²) in [7, 11) is 0. The molecular formula is C33H44F2O. The zero-order valence-electron chi connectivity index (χ0n) is 22.4. The Balaban J connectivity index is 1.31. The van der Waals surface area contributed by atoms with E-state index in [1.54, 1.807) is 19.1 Å². The second-order valence-corrected chi connectivity index (χ2v) is 11.4. The summed E-state index contributed by atoms with van der Waals surface area (Å²) in [6.45, 7) is 6.12. The minimum absolute atomic E-state index is 0.0638. The minimum atomic E-state index is -3.32. The summed E-state index contributed by atoms with van der Waals surface area (Å²) >= 11 is 0. The molecule has 2 aromatic rings. The zero-order chi connectivity index (χ0) is 25.5. The highest BCUT2D eigenvalue weighted by Crippen LogP contribution is 2.40. The molecule has 2 saturated carbocycles. The quantitative estimate of drug-likeness (QED) is 0.315. The SMILES string of the molecule is C/C=C/CCC1CCC(c2ccc(C(F)(F)OC(C)c3ccc(C4CCC(C)CC4)cc3)cc2)CC1. The molecule has 1 nitrogen and oxygen atoms in total. The van der Waals surface area contributed by atoms with Crippen LogP contribution < -0.4 is 0 Å². The van der Waals surface area contributed by atoms with Crippen molar-refractivity contribution in [1.82, 2.24) is 0 Å². The number of rotatable bonds is 9. The van der Waals surface area contributed by atoms with Crippen LogP contribution in [0, 0.1) is 11.8 Å². The lowest BCUT2D eigenvalue weighted by molar-refractivity contribution is -0.272. The summed E-state index contributed by atoms with van der Waals surface area (Å²) in [5, 5.41) is 0. The van der Waals surface area contributed by atoms with Crippen molar-refractivity contribution in [3.05, 3.63) is 82.9 Å². The van der Waals surface area contributed by atoms with Crippen LogP contribution >= 0.6 is 0 Å². The van der Waals surface area contributed by atoms with E-state index in [0.29, 0.717) is 11.8 Å². The molecule has 0 heterocycles. The molecular weight excluding hydrogens is 450 g/mol. The van der Waals surface area contributed by atoms with Gasteiger partial charge in [0.1, 0.15) is 0 Å². The maximum Gasteiger partial charge on any atom is 0.383 e. The second-order valence-electron chi connectivity index (χ2n) is 11.4. The average molecular weight is 495 g/mol. The third-order valence-corrected chi connectivity index (χ3v) is 8.76. The van der Waals surface area contributed by atoms with Gasteiger partial charge in [0.15, 0.2) is 0 Å². The molecule has 0 aromatic heterocycles. The predicted molar refractivity (Wildman–Crippen MR) is 145 cm³/mol. The van der Waals surface area contributed by atoms with E-state index in [-0.39, 0.29) is 5.56 Å². The largest absolute Gasteiger partial charge is 0.383 e. The molecule has 0 amide bonds. The minimum Gasteiger partial charge on any atom is -0.309 e. The first-order valence-corrected chi connectivity index (χ1v) is 14.2. The molecule has 2 aliphatic rings. The Bertz CT molecular complexity index is 946. The van der Waals surface area contributed by atoms with Gasteiger partial charge in [0, 0.05) is 0 Å². The molecule has 36 heavy (non-hydrogen) atoms. The van der Waals surface area contributed by atoms with Crippen molar-refractivity contribution in [1.29, 1.82) is 0 Å². The molecule has 0 saturated heterocycles. The lowest BCUT2D eigenvalue weighted by Crippen LogP contribution is -2.20. The number of alkyl halides is 2. The predicted octanol–water partition coefficient (Wildman–Crippen LogP) is 10.4. The standard InChI is InChI=1S/C33H44F2O/c1-4-5-6-7-26-10-14-29(15-11-26)31-20-22-32(23-21-31)33(34,35)36-25(3)27-16-18-30(19-17-27)28-12-8-24(2)9-13-28/h4-5,16-26,28-29H,6-15H2,1-3H3/b5-4+. The van der Waals surface area contributed by atoms with Gasteiger partial charge in [0.2, 0.25) is 0 Å². The molecule has 1 atom stereocenters. The molecule has 0 spiro atoms. The molecule has 0 aliphatic heterocycles. The van der Waals surface area contributed by atoms with Crippen molar-refractivity contribution in [2.75, 3.05) is 0 Å². The van der Waals surface area contributed by atoms with Gasteiger partial charge in [0.05, 0.1) is 11.7 Å². The Morgan fingerprint density at radius 3 is 1.92 bits per heavy atom. The van der Waals surface area contributed by atoms with E-state index < -0.39 is 12.2 Å². The van der Waals surface area contributed by atoms with E-state index in [4.69, 9.17) is 4.74 Å². The number of benzene rings is 2. The number of halogens is 2. The van der Waals surface area contributed by atoms with Gasteiger partial charge in [-0.2, -0.15) is 8.78 Å². The summed E-state index contributed by atoms with van der Waals surface area (Å²) in [5.41, 5.74) is 3.24. The first-order chi connectivity index (χ1) is 17.4. The van der Waals surface area contributed by atoms with Crippen LogP contribution in [0.2, 0.25) is 0 Å². The Labute approximate surface area is 217 Å². The highest BCUT2D eigenvalue weighted by atomic mass is 19.3. The van der Waals surface area contributed by atoms with Crippen LogP contribution in [0.15, 0.2) is 60.7 Å². The van der Waals surface area contributed by atoms with Crippen molar-refractivity contribution in [3.63, 3.8) is 0 Å². The Kier molecular flexibility index (Phi) is 9.39. The number of hydrogen-bond donors (Lipinski definition) is 0. The molecule has 1 unspecified atom stereocenters. The van der Waals surface area contributed by atoms with Gasteiger partial charge in [0.25, 0.3) is 0 Å². The third kappa shape index (κ3) is 7.06. The average Bonchev–Trinajstić information content (AvgIpc) is 2.90. The molecule has 2 fully saturated rings. The topological polar surface area (TPSA) is 9.23 Å². The van der Waals surface area contributed by atoms with Gasteiger partial charge in [-0.3, -0.25) is 0 Å². The summed E-state index contributed by atoms with van der Waals surface area (Å²) in [6, 6.07) is 15.1. The van der Waals surface area contributed by atoms with Crippen LogP contribution in [-0.2, 0) is 10.8 Å². The summed E-state index contributed by atoms with van der Waals surface area (Å²) in [5.74, 6) is 2.70. The van der Waals surface area contributed by atoms with Gasteiger partial charge < -0.3 is 4.74 Å². The van der Waals surface area contributed by atoms with E-state index in [9.17, 15) is 0 Å². The Morgan fingerprint density at radius 2 is 1.36 bits per heavy atom. The number of ether oxygens (including phenoxy) is 1.